The first-order chi connectivity index (χ1) is 13.1. The molecule has 5 nitrogen and oxygen atoms in total. The van der Waals surface area contributed by atoms with Crippen molar-refractivity contribution < 1.29 is 9.47 Å². The molecule has 2 aromatic rings. The summed E-state index contributed by atoms with van der Waals surface area (Å²) in [4.78, 5) is 0. The second-order valence-electron chi connectivity index (χ2n) is 5.56. The lowest BCUT2D eigenvalue weighted by Crippen LogP contribution is -2.06. The van der Waals surface area contributed by atoms with E-state index in [1.54, 1.807) is 6.21 Å². The molecule has 144 valence electrons. The van der Waals surface area contributed by atoms with Gasteiger partial charge in [0, 0.05) is 15.8 Å². The number of benzene rings is 2. The first kappa shape index (κ1) is 21.3. The number of halogens is 1. The molecule has 27 heavy (non-hydrogen) atoms. The molecule has 0 atom stereocenters. The molecule has 0 aliphatic carbocycles. The molecule has 0 saturated heterocycles. The Balaban J connectivity index is 2.04. The van der Waals surface area contributed by atoms with E-state index >= 15 is 0 Å². The molecule has 0 heterocycles. The predicted molar refractivity (Wildman–Crippen MR) is 118 cm³/mol. The van der Waals surface area contributed by atoms with Crippen molar-refractivity contribution in [2.24, 2.45) is 15.9 Å². The number of rotatable bonds is 9. The van der Waals surface area contributed by atoms with Gasteiger partial charge in [0.15, 0.2) is 16.7 Å². The van der Waals surface area contributed by atoms with Crippen molar-refractivity contribution in [2.45, 2.75) is 26.0 Å². The fourth-order valence-corrected chi connectivity index (χ4v) is 3.19. The Kier molecular flexibility index (Phi) is 9.21. The molecule has 0 aromatic heterocycles. The van der Waals surface area contributed by atoms with Gasteiger partial charge in [-0.3, -0.25) is 0 Å². The van der Waals surface area contributed by atoms with Gasteiger partial charge in [-0.2, -0.15) is 5.10 Å². The number of ether oxygens (including phenoxy) is 2. The smallest absolute Gasteiger partial charge is 0.180 e. The summed E-state index contributed by atoms with van der Waals surface area (Å²) < 4.78 is 12.3. The van der Waals surface area contributed by atoms with Gasteiger partial charge in [0.2, 0.25) is 0 Å². The van der Waals surface area contributed by atoms with E-state index in [9.17, 15) is 0 Å². The van der Waals surface area contributed by atoms with Crippen LogP contribution in [0.1, 0.15) is 31.4 Å². The van der Waals surface area contributed by atoms with Gasteiger partial charge in [-0.15, -0.1) is 5.10 Å². The monoisotopic (exact) mass is 449 g/mol. The minimum atomic E-state index is 0.416. The summed E-state index contributed by atoms with van der Waals surface area (Å²) in [7, 11) is 0. The summed E-state index contributed by atoms with van der Waals surface area (Å²) in [6.07, 6.45) is 2.58. The Bertz CT molecular complexity index is 782. The molecule has 2 rings (SSSR count). The Hall–Kier alpha value is -1.99. The van der Waals surface area contributed by atoms with Crippen LogP contribution in [-0.4, -0.2) is 24.6 Å². The molecule has 0 saturated carbocycles. The normalized spacial score (nSPS) is 11.7. The zero-order valence-corrected chi connectivity index (χ0v) is 17.9. The third-order valence-corrected chi connectivity index (χ3v) is 4.95. The summed E-state index contributed by atoms with van der Waals surface area (Å²) in [5.41, 5.74) is 7.95. The second kappa shape index (κ2) is 11.7. The van der Waals surface area contributed by atoms with Gasteiger partial charge in [0.25, 0.3) is 0 Å². The number of hydrogen-bond acceptors (Lipinski definition) is 5. The van der Waals surface area contributed by atoms with Crippen LogP contribution in [-0.2, 0) is 5.75 Å². The second-order valence-corrected chi connectivity index (χ2v) is 7.41. The van der Waals surface area contributed by atoms with E-state index < -0.39 is 0 Å². The van der Waals surface area contributed by atoms with Crippen molar-refractivity contribution in [1.82, 2.24) is 0 Å². The highest BCUT2D eigenvalue weighted by Gasteiger charge is 2.10. The highest BCUT2D eigenvalue weighted by atomic mass is 79.9. The maximum Gasteiger partial charge on any atom is 0.180 e. The topological polar surface area (TPSA) is 69.2 Å². The van der Waals surface area contributed by atoms with E-state index in [0.29, 0.717) is 29.9 Å². The van der Waals surface area contributed by atoms with Gasteiger partial charge in [-0.25, -0.2) is 0 Å². The van der Waals surface area contributed by atoms with E-state index in [1.165, 1.54) is 17.3 Å². The van der Waals surface area contributed by atoms with Gasteiger partial charge in [0.1, 0.15) is 0 Å². The quantitative estimate of drug-likeness (QED) is 0.323. The molecule has 2 aromatic carbocycles. The molecular formula is C20H24BrN3O2S. The Morgan fingerprint density at radius 2 is 1.89 bits per heavy atom. The number of nitrogens with zero attached hydrogens (tertiary/aromatic N) is 2. The number of thioether (sulfide) groups is 1. The average Bonchev–Trinajstić information content (AvgIpc) is 2.68. The number of hydrogen-bond donors (Lipinski definition) is 1. The lowest BCUT2D eigenvalue weighted by Gasteiger charge is -2.13. The van der Waals surface area contributed by atoms with Crippen molar-refractivity contribution in [1.29, 1.82) is 0 Å². The minimum absolute atomic E-state index is 0.416. The molecule has 0 aliphatic rings. The fourth-order valence-electron chi connectivity index (χ4n) is 2.15. The Labute approximate surface area is 173 Å². The lowest BCUT2D eigenvalue weighted by molar-refractivity contribution is 0.276. The molecule has 0 radical (unpaired) electrons. The Morgan fingerprint density at radius 3 is 2.59 bits per heavy atom. The summed E-state index contributed by atoms with van der Waals surface area (Å²) in [6.45, 7) is 5.20. The first-order valence-corrected chi connectivity index (χ1v) is 10.5. The molecule has 0 fully saturated rings. The minimum Gasteiger partial charge on any atom is -0.490 e. The van der Waals surface area contributed by atoms with Crippen molar-refractivity contribution in [2.75, 3.05) is 13.2 Å². The maximum absolute atomic E-state index is 5.92. The number of amidine groups is 1. The van der Waals surface area contributed by atoms with Crippen molar-refractivity contribution >= 4 is 39.1 Å². The molecule has 0 spiro atoms. The van der Waals surface area contributed by atoms with Crippen molar-refractivity contribution in [3.8, 4) is 11.5 Å². The van der Waals surface area contributed by atoms with Crippen LogP contribution in [0.2, 0.25) is 0 Å². The highest BCUT2D eigenvalue weighted by Crippen LogP contribution is 2.33. The van der Waals surface area contributed by atoms with Gasteiger partial charge < -0.3 is 15.2 Å². The largest absolute Gasteiger partial charge is 0.490 e. The van der Waals surface area contributed by atoms with E-state index in [-0.39, 0.29) is 0 Å². The van der Waals surface area contributed by atoms with Gasteiger partial charge in [-0.05, 0) is 47.0 Å². The average molecular weight is 450 g/mol. The summed E-state index contributed by atoms with van der Waals surface area (Å²) in [5, 5.41) is 8.57. The number of nitrogens with two attached hydrogens (primary N) is 1. The molecule has 2 N–H and O–H groups in total. The van der Waals surface area contributed by atoms with Crippen LogP contribution in [0.15, 0.2) is 57.1 Å². The summed E-state index contributed by atoms with van der Waals surface area (Å²) in [6, 6.07) is 13.9. The van der Waals surface area contributed by atoms with Crippen LogP contribution in [0.3, 0.4) is 0 Å². The third-order valence-electron chi connectivity index (χ3n) is 3.41. The van der Waals surface area contributed by atoms with Crippen LogP contribution in [0.5, 0.6) is 11.5 Å². The van der Waals surface area contributed by atoms with E-state index in [4.69, 9.17) is 15.2 Å². The van der Waals surface area contributed by atoms with Crippen LogP contribution >= 0.6 is 27.7 Å². The molecule has 0 unspecified atom stereocenters. The van der Waals surface area contributed by atoms with E-state index in [0.717, 1.165) is 22.2 Å². The van der Waals surface area contributed by atoms with E-state index in [2.05, 4.69) is 45.2 Å². The zero-order valence-electron chi connectivity index (χ0n) is 15.5. The van der Waals surface area contributed by atoms with Crippen LogP contribution < -0.4 is 15.2 Å². The molecular weight excluding hydrogens is 426 g/mol. The van der Waals surface area contributed by atoms with Gasteiger partial charge >= 0.3 is 0 Å². The maximum atomic E-state index is 5.92. The van der Waals surface area contributed by atoms with Gasteiger partial charge in [0.05, 0.1) is 19.4 Å². The third kappa shape index (κ3) is 7.27. The van der Waals surface area contributed by atoms with E-state index in [1.807, 2.05) is 37.3 Å². The van der Waals surface area contributed by atoms with Crippen LogP contribution in [0.4, 0.5) is 0 Å². The molecule has 0 amide bonds. The first-order valence-electron chi connectivity index (χ1n) is 8.76. The van der Waals surface area contributed by atoms with Crippen LogP contribution in [0, 0.1) is 0 Å². The Morgan fingerprint density at radius 1 is 1.15 bits per heavy atom. The van der Waals surface area contributed by atoms with Crippen molar-refractivity contribution in [3.63, 3.8) is 0 Å². The zero-order chi connectivity index (χ0) is 19.5. The standard InChI is InChI=1S/C20H24BrN3O2S/c1-3-10-26-19-12-17(21)16(11-18(19)25-4-2)13-23-24-20(22)27-14-15-8-6-5-7-9-15/h5-9,11-13H,3-4,10,14H2,1-2H3,(H2,22,24). The summed E-state index contributed by atoms with van der Waals surface area (Å²) in [5.74, 6) is 2.16. The molecule has 0 bridgehead atoms. The SMILES string of the molecule is CCCOc1cc(Br)c(C=NN=C(N)SCc2ccccc2)cc1OCC. The summed E-state index contributed by atoms with van der Waals surface area (Å²) >= 11 is 4.99. The van der Waals surface area contributed by atoms with Crippen molar-refractivity contribution in [3.05, 3.63) is 58.1 Å². The molecule has 0 aliphatic heterocycles. The van der Waals surface area contributed by atoms with Crippen LogP contribution in [0.25, 0.3) is 0 Å². The molecule has 7 heteroatoms. The lowest BCUT2D eigenvalue weighted by atomic mass is 10.2. The fraction of sp³-hybridized carbons (Fsp3) is 0.300. The predicted octanol–water partition coefficient (Wildman–Crippen LogP) is 5.22. The highest BCUT2D eigenvalue weighted by molar-refractivity contribution is 9.10. The van der Waals surface area contributed by atoms with Gasteiger partial charge in [-0.1, -0.05) is 49.0 Å².